The smallest absolute Gasteiger partial charge is 0.265 e. The van der Waals surface area contributed by atoms with Gasteiger partial charge in [-0.05, 0) is 46.6 Å². The molecule has 1 aromatic carbocycles. The Balaban J connectivity index is 2.36. The molecule has 0 saturated carbocycles. The molecule has 3 N–H and O–H groups in total. The lowest BCUT2D eigenvalue weighted by Gasteiger charge is -2.09. The van der Waals surface area contributed by atoms with Gasteiger partial charge in [-0.1, -0.05) is 12.1 Å². The molecule has 1 amide bonds. The van der Waals surface area contributed by atoms with Crippen molar-refractivity contribution in [1.82, 2.24) is 9.99 Å². The minimum atomic E-state index is -0.357. The monoisotopic (exact) mass is 335 g/mol. The lowest BCUT2D eigenvalue weighted by Crippen LogP contribution is -2.30. The average Bonchev–Trinajstić information content (AvgIpc) is 2.43. The fraction of sp³-hybridized carbons (Fsp3) is 0.143. The molecule has 0 aliphatic carbocycles. The van der Waals surface area contributed by atoms with E-state index < -0.39 is 0 Å². The van der Waals surface area contributed by atoms with Crippen molar-refractivity contribution in [3.8, 4) is 0 Å². The van der Waals surface area contributed by atoms with Gasteiger partial charge in [0.25, 0.3) is 11.5 Å². The summed E-state index contributed by atoms with van der Waals surface area (Å²) in [6, 6.07) is 8.77. The van der Waals surface area contributed by atoms with Gasteiger partial charge in [-0.15, -0.1) is 0 Å². The molecule has 1 aromatic heterocycles. The molecule has 5 nitrogen and oxygen atoms in total. The van der Waals surface area contributed by atoms with E-state index in [0.717, 1.165) is 10.0 Å². The summed E-state index contributed by atoms with van der Waals surface area (Å²) in [5.41, 5.74) is 4.01. The first-order valence-corrected chi connectivity index (χ1v) is 6.77. The maximum Gasteiger partial charge on any atom is 0.265 e. The third-order valence-corrected chi connectivity index (χ3v) is 3.34. The van der Waals surface area contributed by atoms with E-state index in [-0.39, 0.29) is 11.5 Å². The van der Waals surface area contributed by atoms with E-state index in [2.05, 4.69) is 21.4 Å². The topological polar surface area (TPSA) is 77.1 Å². The van der Waals surface area contributed by atoms with Crippen LogP contribution in [0.3, 0.4) is 0 Å². The summed E-state index contributed by atoms with van der Waals surface area (Å²) in [5, 5.41) is 0. The highest BCUT2D eigenvalue weighted by Crippen LogP contribution is 2.11. The largest absolute Gasteiger partial charge is 0.310 e. The van der Waals surface area contributed by atoms with Gasteiger partial charge in [-0.2, -0.15) is 0 Å². The fourth-order valence-electron chi connectivity index (χ4n) is 1.95. The normalized spacial score (nSPS) is 10.3. The maximum atomic E-state index is 12.0. The van der Waals surface area contributed by atoms with Gasteiger partial charge >= 0.3 is 0 Å². The number of rotatable bonds is 3. The van der Waals surface area contributed by atoms with Gasteiger partial charge in [0, 0.05) is 21.8 Å². The molecule has 2 aromatic rings. The van der Waals surface area contributed by atoms with Crippen LogP contribution in [0.25, 0.3) is 0 Å². The molecule has 0 unspecified atom stereocenters. The molecular weight excluding hydrogens is 322 g/mol. The van der Waals surface area contributed by atoms with Crippen LogP contribution in [0.5, 0.6) is 0 Å². The number of nitrogens with two attached hydrogens (primary N) is 1. The molecule has 0 fully saturated rings. The van der Waals surface area contributed by atoms with Crippen molar-refractivity contribution < 1.29 is 4.79 Å². The van der Waals surface area contributed by atoms with Gasteiger partial charge in [-0.25, -0.2) is 5.84 Å². The number of nitrogen functional groups attached to an aromatic ring is 1. The predicted octanol–water partition coefficient (Wildman–Crippen LogP) is 1.57. The summed E-state index contributed by atoms with van der Waals surface area (Å²) in [4.78, 5) is 23.5. The van der Waals surface area contributed by atoms with Crippen LogP contribution in [0.2, 0.25) is 0 Å². The molecular formula is C14H14BrN3O2. The van der Waals surface area contributed by atoms with Crippen LogP contribution in [-0.2, 0) is 6.54 Å². The summed E-state index contributed by atoms with van der Waals surface area (Å²) in [5.74, 6) is 4.75. The van der Waals surface area contributed by atoms with Crippen LogP contribution in [0.1, 0.15) is 21.5 Å². The van der Waals surface area contributed by atoms with E-state index in [4.69, 9.17) is 5.84 Å². The van der Waals surface area contributed by atoms with Crippen molar-refractivity contribution in [2.75, 3.05) is 0 Å². The number of nitrogens with one attached hydrogen (secondary N) is 1. The zero-order valence-corrected chi connectivity index (χ0v) is 12.5. The predicted molar refractivity (Wildman–Crippen MR) is 80.3 cm³/mol. The van der Waals surface area contributed by atoms with Crippen molar-refractivity contribution in [3.63, 3.8) is 0 Å². The Hall–Kier alpha value is -1.92. The highest BCUT2D eigenvalue weighted by molar-refractivity contribution is 9.10. The number of hydrogen-bond acceptors (Lipinski definition) is 3. The average molecular weight is 336 g/mol. The third kappa shape index (κ3) is 3.15. The Morgan fingerprint density at radius 1 is 1.40 bits per heavy atom. The summed E-state index contributed by atoms with van der Waals surface area (Å²) in [6.07, 6.45) is 1.73. The van der Waals surface area contributed by atoms with E-state index in [0.29, 0.717) is 17.7 Å². The summed E-state index contributed by atoms with van der Waals surface area (Å²) in [6.45, 7) is 2.16. The molecule has 0 saturated heterocycles. The van der Waals surface area contributed by atoms with Gasteiger partial charge < -0.3 is 4.57 Å². The number of amides is 1. The molecule has 6 heteroatoms. The minimum Gasteiger partial charge on any atom is -0.310 e. The Morgan fingerprint density at radius 3 is 2.85 bits per heavy atom. The van der Waals surface area contributed by atoms with Gasteiger partial charge in [0.2, 0.25) is 0 Å². The van der Waals surface area contributed by atoms with Crippen LogP contribution in [0.4, 0.5) is 0 Å². The number of hydrazine groups is 1. The zero-order valence-electron chi connectivity index (χ0n) is 10.9. The number of carbonyl (C=O) groups is 1. The molecule has 20 heavy (non-hydrogen) atoms. The summed E-state index contributed by atoms with van der Waals surface area (Å²) >= 11 is 3.37. The minimum absolute atomic E-state index is 0.0538. The molecule has 104 valence electrons. The summed E-state index contributed by atoms with van der Waals surface area (Å²) in [7, 11) is 0. The van der Waals surface area contributed by atoms with E-state index >= 15 is 0 Å². The molecule has 0 radical (unpaired) electrons. The molecule has 0 atom stereocenters. The molecule has 1 heterocycles. The molecule has 0 aliphatic heterocycles. The van der Waals surface area contributed by atoms with Gasteiger partial charge in [-0.3, -0.25) is 15.0 Å². The first kappa shape index (κ1) is 14.5. The number of aryl methyl sites for hydroxylation is 1. The van der Waals surface area contributed by atoms with Crippen molar-refractivity contribution >= 4 is 21.8 Å². The number of pyridine rings is 1. The number of hydrogen-bond donors (Lipinski definition) is 2. The first-order valence-electron chi connectivity index (χ1n) is 5.97. The fourth-order valence-corrected chi connectivity index (χ4v) is 2.54. The Bertz CT molecular complexity index is 710. The van der Waals surface area contributed by atoms with Crippen molar-refractivity contribution in [1.29, 1.82) is 0 Å². The second-order valence-corrected chi connectivity index (χ2v) is 5.36. The highest BCUT2D eigenvalue weighted by atomic mass is 79.9. The molecule has 0 bridgehead atoms. The van der Waals surface area contributed by atoms with Gasteiger partial charge in [0.1, 0.15) is 0 Å². The number of aromatic nitrogens is 1. The second-order valence-electron chi connectivity index (χ2n) is 4.45. The van der Waals surface area contributed by atoms with Crippen LogP contribution >= 0.6 is 15.9 Å². The quantitative estimate of drug-likeness (QED) is 0.507. The van der Waals surface area contributed by atoms with Crippen LogP contribution in [0, 0.1) is 6.92 Å². The van der Waals surface area contributed by atoms with Crippen LogP contribution < -0.4 is 16.8 Å². The Labute approximate surface area is 124 Å². The van der Waals surface area contributed by atoms with Gasteiger partial charge in [0.15, 0.2) is 0 Å². The number of benzene rings is 1. The van der Waals surface area contributed by atoms with Crippen molar-refractivity contribution in [2.45, 2.75) is 13.5 Å². The molecule has 0 aliphatic rings. The standard InChI is InChI=1S/C14H14BrN3O2/c1-9-5-12(15)8-18(14(9)20)7-10-3-2-4-11(6-10)13(19)17-16/h2-6,8H,7,16H2,1H3,(H,17,19). The molecule has 2 rings (SSSR count). The number of carbonyl (C=O) groups excluding carboxylic acids is 1. The maximum absolute atomic E-state index is 12.0. The lowest BCUT2D eigenvalue weighted by atomic mass is 10.1. The molecule has 0 spiro atoms. The van der Waals surface area contributed by atoms with E-state index in [1.54, 1.807) is 42.0 Å². The van der Waals surface area contributed by atoms with E-state index in [1.165, 1.54) is 0 Å². The van der Waals surface area contributed by atoms with E-state index in [9.17, 15) is 9.59 Å². The summed E-state index contributed by atoms with van der Waals surface area (Å²) < 4.78 is 2.43. The lowest BCUT2D eigenvalue weighted by molar-refractivity contribution is 0.0953. The van der Waals surface area contributed by atoms with Crippen molar-refractivity contribution in [2.24, 2.45) is 5.84 Å². The van der Waals surface area contributed by atoms with Crippen LogP contribution in [-0.4, -0.2) is 10.5 Å². The third-order valence-electron chi connectivity index (χ3n) is 2.90. The van der Waals surface area contributed by atoms with Gasteiger partial charge in [0.05, 0.1) is 6.54 Å². The zero-order chi connectivity index (χ0) is 14.7. The van der Waals surface area contributed by atoms with Crippen molar-refractivity contribution in [3.05, 3.63) is 68.0 Å². The number of nitrogens with zero attached hydrogens (tertiary/aromatic N) is 1. The SMILES string of the molecule is Cc1cc(Br)cn(Cc2cccc(C(=O)NN)c2)c1=O. The second kappa shape index (κ2) is 6.02. The van der Waals surface area contributed by atoms with Crippen LogP contribution in [0.15, 0.2) is 45.8 Å². The van der Waals surface area contributed by atoms with E-state index in [1.807, 2.05) is 6.07 Å². The highest BCUT2D eigenvalue weighted by Gasteiger charge is 2.06. The Kier molecular flexibility index (Phi) is 4.36. The Morgan fingerprint density at radius 2 is 2.15 bits per heavy atom. The number of halogens is 1. The first-order chi connectivity index (χ1) is 9.51.